The summed E-state index contributed by atoms with van der Waals surface area (Å²) in [7, 11) is 0. The normalized spacial score (nSPS) is 17.8. The summed E-state index contributed by atoms with van der Waals surface area (Å²) < 4.78 is 18.8. The highest BCUT2D eigenvalue weighted by Gasteiger charge is 2.41. The Bertz CT molecular complexity index is 1370. The molecule has 9 nitrogen and oxygen atoms in total. The number of halogens is 1. The fraction of sp³-hybridized carbons (Fsp3) is 0.452. The molecule has 2 aromatic carbocycles. The molecule has 3 heterocycles. The summed E-state index contributed by atoms with van der Waals surface area (Å²) in [6.07, 6.45) is 2.69. The van der Waals surface area contributed by atoms with Crippen molar-refractivity contribution in [3.8, 4) is 6.07 Å². The minimum atomic E-state index is -0.839. The quantitative estimate of drug-likeness (QED) is 0.403. The number of amides is 2. The SMILES string of the molecule is CC(=O)N1CC(CC(=O)N[C@@H](CCN2CCC(C#N)(c3nc(Cc4ccc(F)cc4)no3)CC2)c2ccccc2)C1. The van der Waals surface area contributed by atoms with Crippen molar-refractivity contribution >= 4 is 11.8 Å². The van der Waals surface area contributed by atoms with E-state index < -0.39 is 5.41 Å². The second-order valence-electron chi connectivity index (χ2n) is 11.2. The van der Waals surface area contributed by atoms with Crippen molar-refractivity contribution in [3.05, 3.63) is 83.3 Å². The number of benzene rings is 2. The van der Waals surface area contributed by atoms with Gasteiger partial charge in [0.05, 0.1) is 12.1 Å². The predicted octanol–water partition coefficient (Wildman–Crippen LogP) is 3.77. The smallest absolute Gasteiger partial charge is 0.247 e. The first-order valence-electron chi connectivity index (χ1n) is 14.1. The van der Waals surface area contributed by atoms with Gasteiger partial charge in [-0.2, -0.15) is 10.2 Å². The molecule has 0 saturated carbocycles. The predicted molar refractivity (Wildman–Crippen MR) is 149 cm³/mol. The van der Waals surface area contributed by atoms with E-state index >= 15 is 0 Å². The van der Waals surface area contributed by atoms with Crippen molar-refractivity contribution in [1.82, 2.24) is 25.3 Å². The molecule has 0 radical (unpaired) electrons. The van der Waals surface area contributed by atoms with E-state index in [2.05, 4.69) is 26.4 Å². The average Bonchev–Trinajstić information content (AvgIpc) is 3.43. The van der Waals surface area contributed by atoms with E-state index in [4.69, 9.17) is 4.52 Å². The fourth-order valence-corrected chi connectivity index (χ4v) is 5.63. The third-order valence-corrected chi connectivity index (χ3v) is 8.22. The standard InChI is InChI=1S/C31H35FN6O3/c1-22(39)38-19-24(20-38)18-29(40)34-27(25-5-3-2-4-6-25)11-14-37-15-12-31(21-33,13-16-37)30-35-28(36-41-30)17-23-7-9-26(32)10-8-23/h2-10,24,27H,11-20H2,1H3,(H,34,40)/t27-/m0/s1. The molecule has 5 rings (SSSR count). The number of piperidine rings is 1. The number of nitrogens with zero attached hydrogens (tertiary/aromatic N) is 5. The van der Waals surface area contributed by atoms with Crippen LogP contribution in [-0.2, 0) is 21.4 Å². The number of hydrogen-bond acceptors (Lipinski definition) is 7. The first-order valence-corrected chi connectivity index (χ1v) is 14.1. The van der Waals surface area contributed by atoms with Gasteiger partial charge < -0.3 is 19.6 Å². The van der Waals surface area contributed by atoms with E-state index in [-0.39, 0.29) is 29.6 Å². The van der Waals surface area contributed by atoms with Crippen LogP contribution in [0, 0.1) is 23.1 Å². The summed E-state index contributed by atoms with van der Waals surface area (Å²) in [6, 6.07) is 18.4. The molecular formula is C31H35FN6O3. The minimum Gasteiger partial charge on any atom is -0.349 e. The van der Waals surface area contributed by atoms with Gasteiger partial charge in [-0.25, -0.2) is 4.39 Å². The van der Waals surface area contributed by atoms with Gasteiger partial charge in [0.25, 0.3) is 0 Å². The maximum Gasteiger partial charge on any atom is 0.247 e. The van der Waals surface area contributed by atoms with Gasteiger partial charge in [-0.1, -0.05) is 47.6 Å². The van der Waals surface area contributed by atoms with Crippen LogP contribution >= 0.6 is 0 Å². The molecule has 0 aliphatic carbocycles. The first-order chi connectivity index (χ1) is 19.8. The first kappa shape index (κ1) is 28.4. The third kappa shape index (κ3) is 6.98. The number of likely N-dealkylation sites (tertiary alicyclic amines) is 2. The molecule has 2 fully saturated rings. The monoisotopic (exact) mass is 558 g/mol. The van der Waals surface area contributed by atoms with Gasteiger partial charge in [0.15, 0.2) is 5.82 Å². The fourth-order valence-electron chi connectivity index (χ4n) is 5.63. The van der Waals surface area contributed by atoms with Crippen LogP contribution in [0.5, 0.6) is 0 Å². The highest BCUT2D eigenvalue weighted by atomic mass is 19.1. The maximum absolute atomic E-state index is 13.2. The largest absolute Gasteiger partial charge is 0.349 e. The highest BCUT2D eigenvalue weighted by Crippen LogP contribution is 2.34. The number of aromatic nitrogens is 2. The summed E-state index contributed by atoms with van der Waals surface area (Å²) in [5.74, 6) is 0.771. The summed E-state index contributed by atoms with van der Waals surface area (Å²) in [6.45, 7) is 4.99. The molecule has 2 aliphatic heterocycles. The Morgan fingerprint density at radius 3 is 2.51 bits per heavy atom. The molecule has 2 aliphatic rings. The van der Waals surface area contributed by atoms with E-state index in [9.17, 15) is 19.2 Å². The minimum absolute atomic E-state index is 0.00188. The lowest BCUT2D eigenvalue weighted by molar-refractivity contribution is -0.137. The number of nitrogens with one attached hydrogen (secondary N) is 1. The lowest BCUT2D eigenvalue weighted by Gasteiger charge is -2.38. The zero-order valence-corrected chi connectivity index (χ0v) is 23.3. The molecule has 41 heavy (non-hydrogen) atoms. The van der Waals surface area contributed by atoms with Crippen LogP contribution in [0.1, 0.15) is 61.5 Å². The molecule has 1 N–H and O–H groups in total. The molecule has 0 spiro atoms. The molecule has 10 heteroatoms. The second kappa shape index (κ2) is 12.6. The molecule has 1 aromatic heterocycles. The van der Waals surface area contributed by atoms with E-state index in [1.807, 2.05) is 30.3 Å². The van der Waals surface area contributed by atoms with E-state index in [0.717, 1.165) is 24.1 Å². The van der Waals surface area contributed by atoms with Crippen LogP contribution in [0.15, 0.2) is 59.1 Å². The number of hydrogen-bond donors (Lipinski definition) is 1. The molecule has 214 valence electrons. The van der Waals surface area contributed by atoms with Crippen molar-refractivity contribution < 1.29 is 18.5 Å². The molecular weight excluding hydrogens is 523 g/mol. The van der Waals surface area contributed by atoms with Crippen LogP contribution < -0.4 is 5.32 Å². The Hall–Kier alpha value is -4.10. The average molecular weight is 559 g/mol. The van der Waals surface area contributed by atoms with Crippen molar-refractivity contribution in [2.24, 2.45) is 5.92 Å². The number of nitriles is 1. The van der Waals surface area contributed by atoms with Gasteiger partial charge in [0.1, 0.15) is 11.2 Å². The zero-order valence-electron chi connectivity index (χ0n) is 23.3. The van der Waals surface area contributed by atoms with Crippen molar-refractivity contribution in [3.63, 3.8) is 0 Å². The summed E-state index contributed by atoms with van der Waals surface area (Å²) >= 11 is 0. The zero-order chi connectivity index (χ0) is 28.8. The van der Waals surface area contributed by atoms with E-state index in [1.54, 1.807) is 24.0 Å². The van der Waals surface area contributed by atoms with Crippen LogP contribution in [0.3, 0.4) is 0 Å². The van der Waals surface area contributed by atoms with Crippen LogP contribution in [0.4, 0.5) is 4.39 Å². The Morgan fingerprint density at radius 1 is 1.15 bits per heavy atom. The van der Waals surface area contributed by atoms with Crippen LogP contribution in [0.25, 0.3) is 0 Å². The lowest BCUT2D eigenvalue weighted by atomic mass is 9.79. The van der Waals surface area contributed by atoms with Gasteiger partial charge >= 0.3 is 0 Å². The number of rotatable bonds is 10. The van der Waals surface area contributed by atoms with Crippen molar-refractivity contribution in [1.29, 1.82) is 5.26 Å². The van der Waals surface area contributed by atoms with E-state index in [1.165, 1.54) is 12.1 Å². The summed E-state index contributed by atoms with van der Waals surface area (Å²) in [5.41, 5.74) is 1.09. The van der Waals surface area contributed by atoms with Crippen LogP contribution in [-0.4, -0.2) is 64.5 Å². The molecule has 3 aromatic rings. The van der Waals surface area contributed by atoms with Gasteiger partial charge in [-0.3, -0.25) is 9.59 Å². The maximum atomic E-state index is 13.2. The lowest BCUT2D eigenvalue weighted by Crippen LogP contribution is -2.50. The van der Waals surface area contributed by atoms with E-state index in [0.29, 0.717) is 63.6 Å². The second-order valence-corrected chi connectivity index (χ2v) is 11.2. The molecule has 2 amide bonds. The van der Waals surface area contributed by atoms with Crippen LogP contribution in [0.2, 0.25) is 0 Å². The number of carbonyl (C=O) groups excluding carboxylic acids is 2. The van der Waals surface area contributed by atoms with Gasteiger partial charge in [0, 0.05) is 58.4 Å². The molecule has 0 unspecified atom stereocenters. The number of carbonyl (C=O) groups is 2. The van der Waals surface area contributed by atoms with Gasteiger partial charge in [0.2, 0.25) is 17.7 Å². The van der Waals surface area contributed by atoms with Gasteiger partial charge in [-0.05, 0) is 42.5 Å². The highest BCUT2D eigenvalue weighted by molar-refractivity contribution is 5.78. The topological polar surface area (TPSA) is 115 Å². The van der Waals surface area contributed by atoms with Crippen molar-refractivity contribution in [2.45, 2.75) is 50.5 Å². The Kier molecular flexibility index (Phi) is 8.74. The third-order valence-electron chi connectivity index (χ3n) is 8.22. The summed E-state index contributed by atoms with van der Waals surface area (Å²) in [5, 5.41) is 17.4. The molecule has 2 saturated heterocycles. The van der Waals surface area contributed by atoms with Gasteiger partial charge in [-0.15, -0.1) is 0 Å². The summed E-state index contributed by atoms with van der Waals surface area (Å²) in [4.78, 5) is 32.9. The molecule has 1 atom stereocenters. The Labute approximate surface area is 239 Å². The Balaban J connectivity index is 1.15. The molecule has 0 bridgehead atoms. The van der Waals surface area contributed by atoms with Crippen molar-refractivity contribution in [2.75, 3.05) is 32.7 Å². The Morgan fingerprint density at radius 2 is 1.85 bits per heavy atom.